The van der Waals surface area contributed by atoms with Crippen LogP contribution >= 0.6 is 12.2 Å². The fourth-order valence-electron chi connectivity index (χ4n) is 3.83. The average Bonchev–Trinajstić information content (AvgIpc) is 3.21. The van der Waals surface area contributed by atoms with E-state index in [0.29, 0.717) is 42.1 Å². The van der Waals surface area contributed by atoms with E-state index >= 15 is 0 Å². The molecule has 0 saturated carbocycles. The molecule has 34 heavy (non-hydrogen) atoms. The van der Waals surface area contributed by atoms with Crippen molar-refractivity contribution in [3.63, 3.8) is 0 Å². The number of thiocarbonyl (C=S) groups is 1. The maximum absolute atomic E-state index is 13.1. The molecule has 1 aliphatic rings. The molecule has 178 valence electrons. The van der Waals surface area contributed by atoms with E-state index in [1.165, 1.54) is 0 Å². The number of ether oxygens (including phenoxy) is 2. The van der Waals surface area contributed by atoms with Crippen LogP contribution in [0, 0.1) is 0 Å². The van der Waals surface area contributed by atoms with Gasteiger partial charge in [-0.1, -0.05) is 36.5 Å². The molecule has 0 radical (unpaired) electrons. The number of hydrogen-bond donors (Lipinski definition) is 1. The first-order valence-electron chi connectivity index (χ1n) is 11.2. The molecule has 8 nitrogen and oxygen atoms in total. The Morgan fingerprint density at radius 1 is 1.09 bits per heavy atom. The third-order valence-corrected chi connectivity index (χ3v) is 5.79. The molecule has 0 spiro atoms. The predicted octanol–water partition coefficient (Wildman–Crippen LogP) is 4.19. The quantitative estimate of drug-likeness (QED) is 0.441. The molecule has 0 bridgehead atoms. The number of pyridine rings is 1. The lowest BCUT2D eigenvalue weighted by Crippen LogP contribution is -2.42. The van der Waals surface area contributed by atoms with Gasteiger partial charge in [0.2, 0.25) is 0 Å². The summed E-state index contributed by atoms with van der Waals surface area (Å²) in [6.45, 7) is 6.40. The molecule has 1 amide bonds. The number of aromatic nitrogens is 2. The van der Waals surface area contributed by atoms with Crippen LogP contribution in [-0.2, 0) is 9.47 Å². The number of benzene rings is 1. The minimum Gasteiger partial charge on any atom is -0.431 e. The van der Waals surface area contributed by atoms with Gasteiger partial charge in [0, 0.05) is 55.0 Å². The number of likely N-dealkylation sites (tertiary alicyclic amines) is 1. The zero-order chi connectivity index (χ0) is 24.5. The van der Waals surface area contributed by atoms with E-state index in [4.69, 9.17) is 27.4 Å². The van der Waals surface area contributed by atoms with Crippen LogP contribution in [0.4, 0.5) is 4.79 Å². The molecular formula is C25H28N4O4S. The second-order valence-electron chi connectivity index (χ2n) is 9.32. The van der Waals surface area contributed by atoms with Gasteiger partial charge < -0.3 is 24.5 Å². The number of carbonyl (C=O) groups is 2. The Kier molecular flexibility index (Phi) is 6.56. The van der Waals surface area contributed by atoms with Crippen LogP contribution in [0.5, 0.6) is 0 Å². The summed E-state index contributed by atoms with van der Waals surface area (Å²) >= 11 is 5.01. The van der Waals surface area contributed by atoms with E-state index in [0.717, 1.165) is 16.8 Å². The van der Waals surface area contributed by atoms with Gasteiger partial charge in [-0.15, -0.1) is 0 Å². The monoisotopic (exact) mass is 480 g/mol. The predicted molar refractivity (Wildman–Crippen MR) is 133 cm³/mol. The minimum absolute atomic E-state index is 0.0661. The number of piperidine rings is 1. The molecule has 3 heterocycles. The van der Waals surface area contributed by atoms with Crippen LogP contribution in [0.1, 0.15) is 49.5 Å². The zero-order valence-corrected chi connectivity index (χ0v) is 20.3. The molecule has 3 aromatic rings. The van der Waals surface area contributed by atoms with E-state index in [-0.39, 0.29) is 12.0 Å². The summed E-state index contributed by atoms with van der Waals surface area (Å²) in [5.41, 5.74) is 8.85. The van der Waals surface area contributed by atoms with Crippen LogP contribution in [0.3, 0.4) is 0 Å². The van der Waals surface area contributed by atoms with Crippen LogP contribution in [0.15, 0.2) is 48.8 Å². The second kappa shape index (κ2) is 9.42. The number of fused-ring (bicyclic) bond motifs is 1. The number of nitrogens with two attached hydrogens (primary N) is 1. The van der Waals surface area contributed by atoms with Crippen molar-refractivity contribution >= 4 is 34.9 Å². The lowest BCUT2D eigenvalue weighted by molar-refractivity contribution is -0.0375. The summed E-state index contributed by atoms with van der Waals surface area (Å²) in [5.74, 6) is -0.0661. The Hall–Kier alpha value is -3.46. The lowest BCUT2D eigenvalue weighted by atomic mass is 10.1. The normalized spacial score (nSPS) is 14.7. The first-order valence-corrected chi connectivity index (χ1v) is 11.6. The zero-order valence-electron chi connectivity index (χ0n) is 19.5. The van der Waals surface area contributed by atoms with Crippen molar-refractivity contribution in [1.82, 2.24) is 14.3 Å². The van der Waals surface area contributed by atoms with Gasteiger partial charge in [0.15, 0.2) is 0 Å². The van der Waals surface area contributed by atoms with E-state index in [1.54, 1.807) is 37.8 Å². The molecule has 0 atom stereocenters. The maximum atomic E-state index is 13.1. The Bertz CT molecular complexity index is 1220. The summed E-state index contributed by atoms with van der Waals surface area (Å²) in [6.07, 6.45) is 3.97. The van der Waals surface area contributed by atoms with Crippen LogP contribution in [0.2, 0.25) is 0 Å². The largest absolute Gasteiger partial charge is 0.509 e. The molecule has 2 aromatic heterocycles. The fourth-order valence-corrected chi connectivity index (χ4v) is 3.96. The third-order valence-electron chi connectivity index (χ3n) is 5.55. The van der Waals surface area contributed by atoms with Gasteiger partial charge in [-0.25, -0.2) is 9.78 Å². The first-order chi connectivity index (χ1) is 16.1. The molecule has 0 aliphatic carbocycles. The Labute approximate surface area is 203 Å². The molecule has 1 aromatic carbocycles. The van der Waals surface area contributed by atoms with Gasteiger partial charge in [0.25, 0.3) is 5.91 Å². The van der Waals surface area contributed by atoms with Crippen molar-refractivity contribution in [1.29, 1.82) is 0 Å². The molecule has 1 aliphatic heterocycles. The minimum atomic E-state index is -0.668. The van der Waals surface area contributed by atoms with Crippen LogP contribution in [0.25, 0.3) is 16.9 Å². The molecule has 1 saturated heterocycles. The Morgan fingerprint density at radius 2 is 1.76 bits per heavy atom. The average molecular weight is 481 g/mol. The summed E-state index contributed by atoms with van der Waals surface area (Å²) in [6, 6.07) is 11.2. The van der Waals surface area contributed by atoms with E-state index < -0.39 is 11.8 Å². The third kappa shape index (κ3) is 5.53. The van der Waals surface area contributed by atoms with Crippen molar-refractivity contribution in [2.24, 2.45) is 5.73 Å². The van der Waals surface area contributed by atoms with Gasteiger partial charge in [-0.2, -0.15) is 0 Å². The Morgan fingerprint density at radius 3 is 2.38 bits per heavy atom. The SMILES string of the molecule is CC(C)(C)OC(=O)OC1CCN(C(=O)c2ccn3cc(-c4ccc(C(N)=S)cc4)nc3c2)CC1. The van der Waals surface area contributed by atoms with Gasteiger partial charge in [0.05, 0.1) is 5.69 Å². The van der Waals surface area contributed by atoms with Crippen LogP contribution in [-0.4, -0.2) is 56.1 Å². The molecule has 2 N–H and O–H groups in total. The van der Waals surface area contributed by atoms with Crippen molar-refractivity contribution in [3.05, 3.63) is 59.9 Å². The number of hydrogen-bond acceptors (Lipinski definition) is 6. The number of nitrogens with zero attached hydrogens (tertiary/aromatic N) is 3. The molecule has 0 unspecified atom stereocenters. The summed E-state index contributed by atoms with van der Waals surface area (Å²) in [7, 11) is 0. The summed E-state index contributed by atoms with van der Waals surface area (Å²) in [5, 5.41) is 0. The van der Waals surface area contributed by atoms with Gasteiger partial charge >= 0.3 is 6.16 Å². The smallest absolute Gasteiger partial charge is 0.431 e. The van der Waals surface area contributed by atoms with Crippen molar-refractivity contribution in [2.75, 3.05) is 13.1 Å². The highest BCUT2D eigenvalue weighted by Gasteiger charge is 2.28. The maximum Gasteiger partial charge on any atom is 0.509 e. The van der Waals surface area contributed by atoms with E-state index in [1.807, 2.05) is 41.1 Å². The van der Waals surface area contributed by atoms with Crippen molar-refractivity contribution in [3.8, 4) is 11.3 Å². The molecule has 9 heteroatoms. The number of imidazole rings is 1. The molecular weight excluding hydrogens is 452 g/mol. The van der Waals surface area contributed by atoms with E-state index in [2.05, 4.69) is 4.98 Å². The van der Waals surface area contributed by atoms with Gasteiger partial charge in [0.1, 0.15) is 22.3 Å². The van der Waals surface area contributed by atoms with Gasteiger partial charge in [-0.3, -0.25) is 4.79 Å². The number of amides is 1. The topological polar surface area (TPSA) is 99.2 Å². The number of carbonyl (C=O) groups excluding carboxylic acids is 2. The van der Waals surface area contributed by atoms with Crippen molar-refractivity contribution < 1.29 is 19.1 Å². The van der Waals surface area contributed by atoms with Crippen LogP contribution < -0.4 is 5.73 Å². The van der Waals surface area contributed by atoms with Crippen molar-refractivity contribution in [2.45, 2.75) is 45.3 Å². The standard InChI is InChI=1S/C25H28N4O4S/c1-25(2,3)33-24(31)32-19-9-12-28(13-10-19)23(30)18-8-11-29-15-20(27-21(29)14-18)16-4-6-17(7-5-16)22(26)34/h4-8,11,14-15,19H,9-10,12-13H2,1-3H3,(H2,26,34). The summed E-state index contributed by atoms with van der Waals surface area (Å²) in [4.78, 5) is 31.8. The summed E-state index contributed by atoms with van der Waals surface area (Å²) < 4.78 is 12.5. The Balaban J connectivity index is 1.40. The fraction of sp³-hybridized carbons (Fsp3) is 0.360. The second-order valence-corrected chi connectivity index (χ2v) is 9.76. The highest BCUT2D eigenvalue weighted by Crippen LogP contribution is 2.22. The molecule has 4 rings (SSSR count). The lowest BCUT2D eigenvalue weighted by Gasteiger charge is -2.32. The highest BCUT2D eigenvalue weighted by atomic mass is 32.1. The first kappa shape index (κ1) is 23.7. The van der Waals surface area contributed by atoms with Gasteiger partial charge in [-0.05, 0) is 32.9 Å². The van der Waals surface area contributed by atoms with E-state index in [9.17, 15) is 9.59 Å². The molecule has 1 fully saturated rings. The highest BCUT2D eigenvalue weighted by molar-refractivity contribution is 7.80. The number of rotatable bonds is 4.